The quantitative estimate of drug-likeness (QED) is 0.718. The lowest BCUT2D eigenvalue weighted by Crippen LogP contribution is -2.30. The largest absolute Gasteiger partial charge is 0.323 e. The van der Waals surface area contributed by atoms with Crippen LogP contribution in [0.1, 0.15) is 16.7 Å². The third-order valence-electron chi connectivity index (χ3n) is 3.44. The standard InChI is InChI=1S/C18H20Br2N2O/c1-12-4-6-14(7-5-12)10-22(3)11-17(23)21-18-15(19)8-13(2)9-16(18)20/h4-9H,10-11H2,1-3H3,(H,21,23). The molecule has 0 unspecified atom stereocenters. The van der Waals surface area contributed by atoms with Crippen molar-refractivity contribution < 1.29 is 4.79 Å². The fourth-order valence-electron chi connectivity index (χ4n) is 2.30. The normalized spacial score (nSPS) is 10.9. The first-order valence-corrected chi connectivity index (χ1v) is 8.93. The van der Waals surface area contributed by atoms with Crippen molar-refractivity contribution >= 4 is 43.5 Å². The number of hydrogen-bond acceptors (Lipinski definition) is 2. The van der Waals surface area contributed by atoms with Gasteiger partial charge in [0, 0.05) is 15.5 Å². The number of nitrogens with zero attached hydrogens (tertiary/aromatic N) is 1. The second kappa shape index (κ2) is 8.08. The number of likely N-dealkylation sites (N-methyl/N-ethyl adjacent to an activating group) is 1. The van der Waals surface area contributed by atoms with Crippen molar-refractivity contribution in [3.05, 3.63) is 62.0 Å². The molecule has 0 radical (unpaired) electrons. The first-order chi connectivity index (χ1) is 10.8. The van der Waals surface area contributed by atoms with Crippen molar-refractivity contribution in [2.75, 3.05) is 18.9 Å². The smallest absolute Gasteiger partial charge is 0.238 e. The molecule has 122 valence electrons. The van der Waals surface area contributed by atoms with E-state index >= 15 is 0 Å². The van der Waals surface area contributed by atoms with Crippen molar-refractivity contribution in [1.82, 2.24) is 4.90 Å². The molecular formula is C18H20Br2N2O. The van der Waals surface area contributed by atoms with Gasteiger partial charge in [-0.15, -0.1) is 0 Å². The van der Waals surface area contributed by atoms with Crippen molar-refractivity contribution in [2.45, 2.75) is 20.4 Å². The Morgan fingerprint density at radius 3 is 2.17 bits per heavy atom. The van der Waals surface area contributed by atoms with E-state index < -0.39 is 0 Å². The SMILES string of the molecule is Cc1ccc(CN(C)CC(=O)Nc2c(Br)cc(C)cc2Br)cc1. The summed E-state index contributed by atoms with van der Waals surface area (Å²) in [5, 5.41) is 2.96. The van der Waals surface area contributed by atoms with Gasteiger partial charge in [0.15, 0.2) is 0 Å². The molecule has 1 amide bonds. The summed E-state index contributed by atoms with van der Waals surface area (Å²) >= 11 is 6.99. The lowest BCUT2D eigenvalue weighted by atomic mass is 10.1. The van der Waals surface area contributed by atoms with Crippen LogP contribution in [0.2, 0.25) is 0 Å². The molecule has 0 bridgehead atoms. The minimum absolute atomic E-state index is 0.0372. The highest BCUT2D eigenvalue weighted by molar-refractivity contribution is 9.11. The molecular weight excluding hydrogens is 420 g/mol. The fourth-order valence-corrected chi connectivity index (χ4v) is 3.92. The lowest BCUT2D eigenvalue weighted by molar-refractivity contribution is -0.117. The number of anilines is 1. The first-order valence-electron chi connectivity index (χ1n) is 7.34. The molecule has 0 aliphatic heterocycles. The van der Waals surface area contributed by atoms with E-state index in [4.69, 9.17) is 0 Å². The van der Waals surface area contributed by atoms with Gasteiger partial charge in [-0.25, -0.2) is 0 Å². The number of amides is 1. The molecule has 5 heteroatoms. The maximum Gasteiger partial charge on any atom is 0.238 e. The van der Waals surface area contributed by atoms with Crippen LogP contribution in [0.3, 0.4) is 0 Å². The van der Waals surface area contributed by atoms with Gasteiger partial charge in [-0.2, -0.15) is 0 Å². The summed E-state index contributed by atoms with van der Waals surface area (Å²) in [7, 11) is 1.94. The van der Waals surface area contributed by atoms with E-state index in [-0.39, 0.29) is 5.91 Å². The summed E-state index contributed by atoms with van der Waals surface area (Å²) in [6, 6.07) is 12.3. The highest BCUT2D eigenvalue weighted by Gasteiger charge is 2.12. The summed E-state index contributed by atoms with van der Waals surface area (Å²) in [5.74, 6) is -0.0372. The molecule has 0 aromatic heterocycles. The van der Waals surface area contributed by atoms with E-state index in [1.54, 1.807) is 0 Å². The third-order valence-corrected chi connectivity index (χ3v) is 4.69. The van der Waals surface area contributed by atoms with Crippen molar-refractivity contribution in [3.8, 4) is 0 Å². The second-order valence-corrected chi connectivity index (χ2v) is 7.52. The van der Waals surface area contributed by atoms with Gasteiger partial charge in [-0.3, -0.25) is 9.69 Å². The van der Waals surface area contributed by atoms with Crippen LogP contribution in [-0.2, 0) is 11.3 Å². The summed E-state index contributed by atoms with van der Waals surface area (Å²) < 4.78 is 1.75. The Hall–Kier alpha value is -1.17. The maximum absolute atomic E-state index is 12.3. The summed E-state index contributed by atoms with van der Waals surface area (Å²) in [6.45, 7) is 5.15. The molecule has 0 fully saturated rings. The van der Waals surface area contributed by atoms with Crippen LogP contribution in [0.25, 0.3) is 0 Å². The summed E-state index contributed by atoms with van der Waals surface area (Å²) in [5.41, 5.74) is 4.33. The molecule has 2 aromatic rings. The molecule has 2 aromatic carbocycles. The van der Waals surface area contributed by atoms with Crippen LogP contribution in [0.4, 0.5) is 5.69 Å². The minimum atomic E-state index is -0.0372. The molecule has 23 heavy (non-hydrogen) atoms. The van der Waals surface area contributed by atoms with Crippen molar-refractivity contribution in [3.63, 3.8) is 0 Å². The number of aryl methyl sites for hydroxylation is 2. The van der Waals surface area contributed by atoms with Crippen molar-refractivity contribution in [2.24, 2.45) is 0 Å². The summed E-state index contributed by atoms with van der Waals surface area (Å²) in [4.78, 5) is 14.3. The lowest BCUT2D eigenvalue weighted by Gasteiger charge is -2.17. The topological polar surface area (TPSA) is 32.3 Å². The van der Waals surface area contributed by atoms with Crippen LogP contribution in [0.15, 0.2) is 45.3 Å². The predicted octanol–water partition coefficient (Wildman–Crippen LogP) is 4.90. The molecule has 1 N–H and O–H groups in total. The van der Waals surface area contributed by atoms with Gasteiger partial charge in [-0.1, -0.05) is 29.8 Å². The first kappa shape index (κ1) is 18.2. The van der Waals surface area contributed by atoms with Gasteiger partial charge in [-0.05, 0) is 76.0 Å². The number of benzene rings is 2. The number of halogens is 2. The molecule has 0 heterocycles. The van der Waals surface area contributed by atoms with Gasteiger partial charge in [0.1, 0.15) is 0 Å². The van der Waals surface area contributed by atoms with Gasteiger partial charge in [0.05, 0.1) is 12.2 Å². The Bertz CT molecular complexity index is 676. The molecule has 0 saturated carbocycles. The highest BCUT2D eigenvalue weighted by Crippen LogP contribution is 2.32. The second-order valence-electron chi connectivity index (χ2n) is 5.81. The van der Waals surface area contributed by atoms with Crippen LogP contribution in [-0.4, -0.2) is 24.4 Å². The van der Waals surface area contributed by atoms with Gasteiger partial charge in [0.25, 0.3) is 0 Å². The fraction of sp³-hybridized carbons (Fsp3) is 0.278. The van der Waals surface area contributed by atoms with E-state index in [0.717, 1.165) is 26.7 Å². The van der Waals surface area contributed by atoms with E-state index in [1.807, 2.05) is 31.0 Å². The molecule has 0 aliphatic rings. The van der Waals surface area contributed by atoms with Crippen LogP contribution < -0.4 is 5.32 Å². The Morgan fingerprint density at radius 1 is 1.04 bits per heavy atom. The number of hydrogen-bond donors (Lipinski definition) is 1. The molecule has 0 atom stereocenters. The molecule has 0 spiro atoms. The molecule has 2 rings (SSSR count). The van der Waals surface area contributed by atoms with E-state index in [2.05, 4.69) is 68.4 Å². The van der Waals surface area contributed by atoms with E-state index in [0.29, 0.717) is 6.54 Å². The zero-order chi connectivity index (χ0) is 17.0. The molecule has 0 aliphatic carbocycles. The third kappa shape index (κ3) is 5.44. The predicted molar refractivity (Wildman–Crippen MR) is 103 cm³/mol. The molecule has 3 nitrogen and oxygen atoms in total. The van der Waals surface area contributed by atoms with E-state index in [9.17, 15) is 4.79 Å². The Balaban J connectivity index is 1.95. The monoisotopic (exact) mass is 438 g/mol. The van der Waals surface area contributed by atoms with Crippen LogP contribution >= 0.6 is 31.9 Å². The Morgan fingerprint density at radius 2 is 1.61 bits per heavy atom. The average molecular weight is 440 g/mol. The minimum Gasteiger partial charge on any atom is -0.323 e. The maximum atomic E-state index is 12.3. The van der Waals surface area contributed by atoms with Gasteiger partial charge < -0.3 is 5.32 Å². The van der Waals surface area contributed by atoms with E-state index in [1.165, 1.54) is 11.1 Å². The van der Waals surface area contributed by atoms with Gasteiger partial charge in [0.2, 0.25) is 5.91 Å². The number of carbonyl (C=O) groups excluding carboxylic acids is 1. The van der Waals surface area contributed by atoms with Crippen molar-refractivity contribution in [1.29, 1.82) is 0 Å². The number of nitrogens with one attached hydrogen (secondary N) is 1. The highest BCUT2D eigenvalue weighted by atomic mass is 79.9. The number of rotatable bonds is 5. The van der Waals surface area contributed by atoms with Gasteiger partial charge >= 0.3 is 0 Å². The molecule has 0 saturated heterocycles. The zero-order valence-corrected chi connectivity index (χ0v) is 16.7. The average Bonchev–Trinajstić information content (AvgIpc) is 2.45. The Kier molecular flexibility index (Phi) is 6.39. The number of carbonyl (C=O) groups is 1. The zero-order valence-electron chi connectivity index (χ0n) is 13.5. The Labute approximate surface area is 154 Å². The van der Waals surface area contributed by atoms with Crippen LogP contribution in [0, 0.1) is 13.8 Å². The van der Waals surface area contributed by atoms with Crippen LogP contribution in [0.5, 0.6) is 0 Å². The summed E-state index contributed by atoms with van der Waals surface area (Å²) in [6.07, 6.45) is 0.